The number of carbonyl (C=O) groups is 1. The molecule has 3 nitrogen and oxygen atoms in total. The average Bonchev–Trinajstić information content (AvgIpc) is 3.27. The van der Waals surface area contributed by atoms with E-state index >= 15 is 0 Å². The highest BCUT2D eigenvalue weighted by atomic mass is 16.1. The molecule has 2 aliphatic rings. The molecule has 0 aliphatic heterocycles. The number of benzene rings is 3. The standard InChI is InChI=1S/C34H38N2O/c37-33-18-10-17-30-31-23-29(28-15-8-3-9-16-28)19-20-32(31)36(34(30)33)22-21-35(24-26-11-4-1-5-12-26)25-27-13-6-2-7-14-27/h1-2,4-7,11-14,19-20,23,28H,3,8-10,15-18,21-22,24-25H2/p+1. The zero-order valence-corrected chi connectivity index (χ0v) is 21.9. The van der Waals surface area contributed by atoms with Gasteiger partial charge in [-0.1, -0.05) is 86.0 Å². The van der Waals surface area contributed by atoms with Crippen molar-refractivity contribution >= 4 is 16.7 Å². The molecule has 0 radical (unpaired) electrons. The molecule has 1 saturated carbocycles. The maximum absolute atomic E-state index is 13.3. The van der Waals surface area contributed by atoms with Gasteiger partial charge in [-0.25, -0.2) is 0 Å². The van der Waals surface area contributed by atoms with Gasteiger partial charge in [0.15, 0.2) is 5.78 Å². The van der Waals surface area contributed by atoms with Gasteiger partial charge in [0.05, 0.1) is 18.8 Å². The van der Waals surface area contributed by atoms with E-state index in [4.69, 9.17) is 0 Å². The molecular formula is C34H39N2O+. The Labute approximate surface area is 221 Å². The number of hydrogen-bond donors (Lipinski definition) is 1. The second-order valence-corrected chi connectivity index (χ2v) is 11.2. The van der Waals surface area contributed by atoms with E-state index in [0.29, 0.717) is 18.1 Å². The van der Waals surface area contributed by atoms with Gasteiger partial charge in [0.2, 0.25) is 0 Å². The van der Waals surface area contributed by atoms with Crippen LogP contribution >= 0.6 is 0 Å². The second-order valence-electron chi connectivity index (χ2n) is 11.2. The molecule has 0 saturated heterocycles. The lowest BCUT2D eigenvalue weighted by molar-refractivity contribution is -0.928. The SMILES string of the molecule is O=C1CCCc2c1n(CC[NH+](Cc1ccccc1)Cc1ccccc1)c1ccc(C3CCCCC3)cc21. The highest BCUT2D eigenvalue weighted by molar-refractivity contribution is 6.04. The number of rotatable bonds is 8. The molecule has 37 heavy (non-hydrogen) atoms. The van der Waals surface area contributed by atoms with Crippen molar-refractivity contribution in [2.75, 3.05) is 6.54 Å². The summed E-state index contributed by atoms with van der Waals surface area (Å²) in [6.07, 6.45) is 9.40. The first-order valence-corrected chi connectivity index (χ1v) is 14.4. The third kappa shape index (κ3) is 5.29. The summed E-state index contributed by atoms with van der Waals surface area (Å²) in [5, 5.41) is 1.35. The molecule has 1 aromatic heterocycles. The van der Waals surface area contributed by atoms with Gasteiger partial charge in [0, 0.05) is 28.5 Å². The third-order valence-corrected chi connectivity index (χ3v) is 8.65. The minimum absolute atomic E-state index is 0.337. The lowest BCUT2D eigenvalue weighted by Gasteiger charge is -2.22. The average molecular weight is 492 g/mol. The minimum Gasteiger partial charge on any atom is -0.332 e. The van der Waals surface area contributed by atoms with Crippen molar-refractivity contribution < 1.29 is 9.69 Å². The monoisotopic (exact) mass is 491 g/mol. The van der Waals surface area contributed by atoms with E-state index in [-0.39, 0.29) is 0 Å². The summed E-state index contributed by atoms with van der Waals surface area (Å²) in [5.41, 5.74) is 7.80. The summed E-state index contributed by atoms with van der Waals surface area (Å²) in [6.45, 7) is 3.82. The minimum atomic E-state index is 0.337. The lowest BCUT2D eigenvalue weighted by Crippen LogP contribution is -3.09. The Kier molecular flexibility index (Phi) is 7.23. The molecule has 1 fully saturated rings. The Morgan fingerprint density at radius 2 is 1.43 bits per heavy atom. The van der Waals surface area contributed by atoms with Crippen LogP contribution in [0.25, 0.3) is 10.9 Å². The van der Waals surface area contributed by atoms with Crippen molar-refractivity contribution in [1.29, 1.82) is 0 Å². The summed E-state index contributed by atoms with van der Waals surface area (Å²) in [4.78, 5) is 14.8. The largest absolute Gasteiger partial charge is 0.332 e. The van der Waals surface area contributed by atoms with Crippen LogP contribution in [0.15, 0.2) is 78.9 Å². The summed E-state index contributed by atoms with van der Waals surface area (Å²) < 4.78 is 2.38. The Balaban J connectivity index is 1.31. The van der Waals surface area contributed by atoms with Crippen LogP contribution in [0.4, 0.5) is 0 Å². The molecule has 0 atom stereocenters. The zero-order chi connectivity index (χ0) is 25.0. The Morgan fingerprint density at radius 3 is 2.11 bits per heavy atom. The fourth-order valence-corrected chi connectivity index (χ4v) is 6.76. The van der Waals surface area contributed by atoms with E-state index in [2.05, 4.69) is 83.4 Å². The Morgan fingerprint density at radius 1 is 0.757 bits per heavy atom. The smallest absolute Gasteiger partial charge is 0.179 e. The summed E-state index contributed by atoms with van der Waals surface area (Å²) in [7, 11) is 0. The molecule has 3 aromatic carbocycles. The van der Waals surface area contributed by atoms with Crippen LogP contribution in [-0.2, 0) is 26.1 Å². The Bertz CT molecular complexity index is 1310. The van der Waals surface area contributed by atoms with Crippen molar-refractivity contribution in [2.24, 2.45) is 0 Å². The molecule has 0 amide bonds. The number of fused-ring (bicyclic) bond motifs is 3. The van der Waals surface area contributed by atoms with Crippen molar-refractivity contribution in [1.82, 2.24) is 4.57 Å². The second kappa shape index (κ2) is 11.1. The van der Waals surface area contributed by atoms with Gasteiger partial charge in [-0.15, -0.1) is 0 Å². The molecule has 6 rings (SSSR count). The number of hydrogen-bond acceptors (Lipinski definition) is 1. The van der Waals surface area contributed by atoms with Gasteiger partial charge in [0.25, 0.3) is 0 Å². The fourth-order valence-electron chi connectivity index (χ4n) is 6.76. The van der Waals surface area contributed by atoms with E-state index < -0.39 is 0 Å². The fraction of sp³-hybridized carbons (Fsp3) is 0.382. The number of nitrogens with one attached hydrogen (secondary N) is 1. The number of nitrogens with zero attached hydrogens (tertiary/aromatic N) is 1. The van der Waals surface area contributed by atoms with Gasteiger partial charge < -0.3 is 9.47 Å². The van der Waals surface area contributed by atoms with E-state index in [1.807, 2.05) is 0 Å². The quantitative estimate of drug-likeness (QED) is 0.299. The lowest BCUT2D eigenvalue weighted by atomic mass is 9.83. The molecule has 4 aromatic rings. The molecule has 1 N–H and O–H groups in total. The van der Waals surface area contributed by atoms with Crippen molar-refractivity contribution in [3.8, 4) is 0 Å². The number of aryl methyl sites for hydroxylation is 1. The first kappa shape index (κ1) is 24.2. The number of aromatic nitrogens is 1. The Hall–Kier alpha value is -3.17. The van der Waals surface area contributed by atoms with Crippen LogP contribution < -0.4 is 4.90 Å². The number of ketones is 1. The van der Waals surface area contributed by atoms with Crippen LogP contribution in [0.1, 0.15) is 83.6 Å². The van der Waals surface area contributed by atoms with Gasteiger partial charge >= 0.3 is 0 Å². The van der Waals surface area contributed by atoms with E-state index in [9.17, 15) is 4.79 Å². The van der Waals surface area contributed by atoms with Crippen LogP contribution in [0.3, 0.4) is 0 Å². The molecule has 3 heteroatoms. The molecule has 1 heterocycles. The van der Waals surface area contributed by atoms with Crippen LogP contribution in [0.2, 0.25) is 0 Å². The van der Waals surface area contributed by atoms with Crippen LogP contribution in [0.5, 0.6) is 0 Å². The first-order chi connectivity index (χ1) is 18.3. The molecule has 0 unspecified atom stereocenters. The van der Waals surface area contributed by atoms with Gasteiger partial charge in [0.1, 0.15) is 13.1 Å². The summed E-state index contributed by atoms with van der Waals surface area (Å²) >= 11 is 0. The maximum atomic E-state index is 13.3. The topological polar surface area (TPSA) is 26.4 Å². The molecule has 2 aliphatic carbocycles. The van der Waals surface area contributed by atoms with Crippen molar-refractivity contribution in [3.63, 3.8) is 0 Å². The summed E-state index contributed by atoms with van der Waals surface area (Å²) in [5.74, 6) is 1.03. The summed E-state index contributed by atoms with van der Waals surface area (Å²) in [6, 6.07) is 28.8. The molecule has 0 spiro atoms. The van der Waals surface area contributed by atoms with Crippen LogP contribution in [-0.4, -0.2) is 16.9 Å². The highest BCUT2D eigenvalue weighted by Gasteiger charge is 2.27. The molecule has 0 bridgehead atoms. The van der Waals surface area contributed by atoms with E-state index in [1.54, 1.807) is 0 Å². The number of Topliss-reactive ketones (excluding diaryl/α,β-unsaturated/α-hetero) is 1. The predicted molar refractivity (Wildman–Crippen MR) is 151 cm³/mol. The predicted octanol–water partition coefficient (Wildman–Crippen LogP) is 6.49. The molecular weight excluding hydrogens is 452 g/mol. The van der Waals surface area contributed by atoms with Gasteiger partial charge in [-0.3, -0.25) is 4.79 Å². The number of carbonyl (C=O) groups excluding carboxylic acids is 1. The maximum Gasteiger partial charge on any atom is 0.179 e. The third-order valence-electron chi connectivity index (χ3n) is 8.65. The number of quaternary nitrogens is 1. The van der Waals surface area contributed by atoms with Gasteiger partial charge in [-0.2, -0.15) is 0 Å². The first-order valence-electron chi connectivity index (χ1n) is 14.4. The van der Waals surface area contributed by atoms with E-state index in [1.165, 1.54) is 70.2 Å². The van der Waals surface area contributed by atoms with Gasteiger partial charge in [-0.05, 0) is 54.9 Å². The highest BCUT2D eigenvalue weighted by Crippen LogP contribution is 2.37. The normalized spacial score (nSPS) is 16.4. The van der Waals surface area contributed by atoms with Crippen molar-refractivity contribution in [3.05, 3.63) is 107 Å². The van der Waals surface area contributed by atoms with Crippen molar-refractivity contribution in [2.45, 2.75) is 76.9 Å². The van der Waals surface area contributed by atoms with Crippen LogP contribution in [0, 0.1) is 0 Å². The van der Waals surface area contributed by atoms with E-state index in [0.717, 1.165) is 44.7 Å². The zero-order valence-electron chi connectivity index (χ0n) is 21.9. The molecule has 190 valence electrons.